The van der Waals surface area contributed by atoms with Gasteiger partial charge in [0.15, 0.2) is 5.16 Å². The average molecular weight is 384 g/mol. The van der Waals surface area contributed by atoms with Crippen molar-refractivity contribution in [3.05, 3.63) is 42.0 Å². The topological polar surface area (TPSA) is 90.8 Å². The van der Waals surface area contributed by atoms with Gasteiger partial charge in [0.2, 0.25) is 5.91 Å². The van der Waals surface area contributed by atoms with E-state index in [9.17, 15) is 4.79 Å². The number of aryl methyl sites for hydroxylation is 1. The average Bonchev–Trinajstić information content (AvgIpc) is 3.04. The number of ether oxygens (including phenoxy) is 1. The molecule has 0 bridgehead atoms. The standard InChI is InChI=1S/C18H16N4O2S2/c1-11-7-13(26-10-19)4-6-14(11)20-17(23)9-25-18-21-15-5-3-12(24-2)8-16(15)22-18/h3-8H,9H2,1-2H3,(H,20,23)(H,21,22). The smallest absolute Gasteiger partial charge is 0.234 e. The Morgan fingerprint density at radius 3 is 2.92 bits per heavy atom. The molecule has 2 N–H and O–H groups in total. The molecule has 8 heteroatoms. The van der Waals surface area contributed by atoms with Gasteiger partial charge in [-0.1, -0.05) is 11.8 Å². The Morgan fingerprint density at radius 1 is 1.35 bits per heavy atom. The maximum Gasteiger partial charge on any atom is 0.234 e. The van der Waals surface area contributed by atoms with Crippen molar-refractivity contribution in [2.24, 2.45) is 0 Å². The quantitative estimate of drug-likeness (QED) is 0.489. The zero-order valence-corrected chi connectivity index (χ0v) is 15.8. The van der Waals surface area contributed by atoms with Gasteiger partial charge in [0, 0.05) is 16.6 Å². The first kappa shape index (κ1) is 18.2. The number of thiocyanates is 1. The third-order valence-corrected chi connectivity index (χ3v) is 5.10. The minimum absolute atomic E-state index is 0.114. The van der Waals surface area contributed by atoms with Crippen LogP contribution in [-0.2, 0) is 4.79 Å². The molecule has 0 atom stereocenters. The summed E-state index contributed by atoms with van der Waals surface area (Å²) in [6, 6.07) is 11.1. The summed E-state index contributed by atoms with van der Waals surface area (Å²) in [5, 5.41) is 14.3. The van der Waals surface area contributed by atoms with Gasteiger partial charge in [-0.25, -0.2) is 4.98 Å². The number of nitrogens with zero attached hydrogens (tertiary/aromatic N) is 2. The van der Waals surface area contributed by atoms with Gasteiger partial charge >= 0.3 is 0 Å². The molecule has 0 aliphatic carbocycles. The maximum atomic E-state index is 12.2. The SMILES string of the molecule is COc1ccc2nc(SCC(=O)Nc3ccc(SC#N)cc3C)[nH]c2c1. The van der Waals surface area contributed by atoms with E-state index in [1.54, 1.807) is 7.11 Å². The lowest BCUT2D eigenvalue weighted by Gasteiger charge is -2.08. The van der Waals surface area contributed by atoms with E-state index in [1.165, 1.54) is 11.8 Å². The molecule has 132 valence electrons. The van der Waals surface area contributed by atoms with Crippen LogP contribution in [0.5, 0.6) is 5.75 Å². The zero-order valence-electron chi connectivity index (χ0n) is 14.2. The van der Waals surface area contributed by atoms with E-state index < -0.39 is 0 Å². The maximum absolute atomic E-state index is 12.2. The predicted molar refractivity (Wildman–Crippen MR) is 105 cm³/mol. The van der Waals surface area contributed by atoms with Gasteiger partial charge in [-0.2, -0.15) is 5.26 Å². The van der Waals surface area contributed by atoms with Gasteiger partial charge in [-0.05, 0) is 54.6 Å². The van der Waals surface area contributed by atoms with Crippen molar-refractivity contribution in [3.8, 4) is 11.2 Å². The highest BCUT2D eigenvalue weighted by atomic mass is 32.2. The van der Waals surface area contributed by atoms with E-state index in [0.717, 1.165) is 44.7 Å². The first-order valence-electron chi connectivity index (χ1n) is 7.72. The van der Waals surface area contributed by atoms with Crippen LogP contribution in [0.2, 0.25) is 0 Å². The molecule has 1 aromatic heterocycles. The second-order valence-electron chi connectivity index (χ2n) is 5.43. The molecule has 0 saturated carbocycles. The molecule has 3 rings (SSSR count). The number of hydrogen-bond acceptors (Lipinski definition) is 6. The highest BCUT2D eigenvalue weighted by Crippen LogP contribution is 2.25. The molecular formula is C18H16N4O2S2. The number of thioether (sulfide) groups is 2. The minimum atomic E-state index is -0.114. The van der Waals surface area contributed by atoms with Gasteiger partial charge in [0.05, 0.1) is 23.9 Å². The second kappa shape index (κ2) is 8.17. The third kappa shape index (κ3) is 4.31. The van der Waals surface area contributed by atoms with E-state index in [-0.39, 0.29) is 11.7 Å². The van der Waals surface area contributed by atoms with Crippen molar-refractivity contribution in [3.63, 3.8) is 0 Å². The molecule has 0 aliphatic heterocycles. The molecule has 1 amide bonds. The lowest BCUT2D eigenvalue weighted by molar-refractivity contribution is -0.113. The summed E-state index contributed by atoms with van der Waals surface area (Å²) < 4.78 is 5.19. The number of nitrogens with one attached hydrogen (secondary N) is 2. The van der Waals surface area contributed by atoms with E-state index >= 15 is 0 Å². The van der Waals surface area contributed by atoms with Crippen molar-refractivity contribution < 1.29 is 9.53 Å². The van der Waals surface area contributed by atoms with Gasteiger partial charge in [-0.3, -0.25) is 4.79 Å². The minimum Gasteiger partial charge on any atom is -0.497 e. The second-order valence-corrected chi connectivity index (χ2v) is 7.25. The Balaban J connectivity index is 1.61. The Kier molecular flexibility index (Phi) is 5.71. The van der Waals surface area contributed by atoms with Crippen molar-refractivity contribution >= 4 is 46.2 Å². The number of H-pyrrole nitrogens is 1. The number of carbonyl (C=O) groups is 1. The van der Waals surface area contributed by atoms with E-state index in [1.807, 2.05) is 48.7 Å². The van der Waals surface area contributed by atoms with E-state index in [4.69, 9.17) is 10.00 Å². The van der Waals surface area contributed by atoms with Gasteiger partial charge < -0.3 is 15.0 Å². The molecular weight excluding hydrogens is 368 g/mol. The van der Waals surface area contributed by atoms with Crippen molar-refractivity contribution in [2.75, 3.05) is 18.2 Å². The Hall–Kier alpha value is -2.63. The van der Waals surface area contributed by atoms with E-state index in [0.29, 0.717) is 5.16 Å². The summed E-state index contributed by atoms with van der Waals surface area (Å²) in [6.07, 6.45) is 0. The van der Waals surface area contributed by atoms with E-state index in [2.05, 4.69) is 15.3 Å². The molecule has 0 unspecified atom stereocenters. The fourth-order valence-electron chi connectivity index (χ4n) is 2.37. The fourth-order valence-corrected chi connectivity index (χ4v) is 3.54. The van der Waals surface area contributed by atoms with Crippen LogP contribution in [0.15, 0.2) is 46.5 Å². The summed E-state index contributed by atoms with van der Waals surface area (Å²) >= 11 is 2.43. The number of amides is 1. The van der Waals surface area contributed by atoms with Crippen LogP contribution in [0.25, 0.3) is 11.0 Å². The Labute approximate surface area is 159 Å². The van der Waals surface area contributed by atoms with Crippen LogP contribution >= 0.6 is 23.5 Å². The van der Waals surface area contributed by atoms with Crippen molar-refractivity contribution in [1.29, 1.82) is 5.26 Å². The van der Waals surface area contributed by atoms with Crippen LogP contribution < -0.4 is 10.1 Å². The molecule has 2 aromatic carbocycles. The Morgan fingerprint density at radius 2 is 2.19 bits per heavy atom. The van der Waals surface area contributed by atoms with Gasteiger partial charge in [0.1, 0.15) is 11.2 Å². The number of aromatic amines is 1. The number of carbonyl (C=O) groups excluding carboxylic acids is 1. The number of aromatic nitrogens is 2. The first-order valence-corrected chi connectivity index (χ1v) is 9.52. The normalized spacial score (nSPS) is 10.5. The number of anilines is 1. The van der Waals surface area contributed by atoms with Crippen molar-refractivity contribution in [1.82, 2.24) is 9.97 Å². The van der Waals surface area contributed by atoms with Gasteiger partial charge in [0.25, 0.3) is 0 Å². The molecule has 0 spiro atoms. The molecule has 0 radical (unpaired) electrons. The van der Waals surface area contributed by atoms with Crippen LogP contribution in [0, 0.1) is 17.6 Å². The van der Waals surface area contributed by atoms with Crippen molar-refractivity contribution in [2.45, 2.75) is 17.0 Å². The summed E-state index contributed by atoms with van der Waals surface area (Å²) in [7, 11) is 1.62. The molecule has 26 heavy (non-hydrogen) atoms. The molecule has 0 fully saturated rings. The zero-order chi connectivity index (χ0) is 18.5. The van der Waals surface area contributed by atoms with Crippen LogP contribution in [0.3, 0.4) is 0 Å². The highest BCUT2D eigenvalue weighted by Gasteiger charge is 2.10. The number of fused-ring (bicyclic) bond motifs is 1. The molecule has 6 nitrogen and oxygen atoms in total. The van der Waals surface area contributed by atoms with Gasteiger partial charge in [-0.15, -0.1) is 0 Å². The first-order chi connectivity index (χ1) is 12.6. The number of imidazole rings is 1. The number of hydrogen-bond donors (Lipinski definition) is 2. The Bertz CT molecular complexity index is 995. The molecule has 1 heterocycles. The fraction of sp³-hybridized carbons (Fsp3) is 0.167. The summed E-state index contributed by atoms with van der Waals surface area (Å²) in [4.78, 5) is 20.7. The van der Waals surface area contributed by atoms with Crippen LogP contribution in [0.4, 0.5) is 5.69 Å². The molecule has 0 aliphatic rings. The summed E-state index contributed by atoms with van der Waals surface area (Å²) in [5.74, 6) is 0.881. The summed E-state index contributed by atoms with van der Waals surface area (Å²) in [6.45, 7) is 1.90. The number of nitriles is 1. The number of methoxy groups -OCH3 is 1. The monoisotopic (exact) mass is 384 g/mol. The highest BCUT2D eigenvalue weighted by molar-refractivity contribution is 8.03. The number of benzene rings is 2. The molecule has 3 aromatic rings. The van der Waals surface area contributed by atoms with Crippen LogP contribution in [-0.4, -0.2) is 28.7 Å². The largest absolute Gasteiger partial charge is 0.497 e. The van der Waals surface area contributed by atoms with Crippen LogP contribution in [0.1, 0.15) is 5.56 Å². The summed E-state index contributed by atoms with van der Waals surface area (Å²) in [5.41, 5.74) is 3.36. The lowest BCUT2D eigenvalue weighted by atomic mass is 10.2. The third-order valence-electron chi connectivity index (χ3n) is 3.64. The predicted octanol–water partition coefficient (Wildman–Crippen LogP) is 4.18. The lowest BCUT2D eigenvalue weighted by Crippen LogP contribution is -2.14. The number of rotatable bonds is 6. The molecule has 0 saturated heterocycles.